The maximum absolute atomic E-state index is 13.1. The number of hydrogen-bond donors (Lipinski definition) is 3. The molecule has 1 aromatic carbocycles. The van der Waals surface area contributed by atoms with Crippen LogP contribution in [0.1, 0.15) is 24.8 Å². The van der Waals surface area contributed by atoms with Crippen LogP contribution >= 0.6 is 0 Å². The van der Waals surface area contributed by atoms with E-state index in [2.05, 4.69) is 5.32 Å². The van der Waals surface area contributed by atoms with Crippen molar-refractivity contribution in [1.29, 1.82) is 0 Å². The van der Waals surface area contributed by atoms with Crippen LogP contribution in [-0.4, -0.2) is 22.9 Å². The molecule has 0 amide bonds. The van der Waals surface area contributed by atoms with E-state index in [0.717, 1.165) is 37.9 Å². The summed E-state index contributed by atoms with van der Waals surface area (Å²) in [6.07, 6.45) is 2.38. The number of aliphatic hydroxyl groups is 1. The highest BCUT2D eigenvalue weighted by atomic mass is 19.1. The third-order valence-electron chi connectivity index (χ3n) is 3.35. The Labute approximate surface area is 104 Å². The van der Waals surface area contributed by atoms with Crippen LogP contribution in [0, 0.1) is 17.6 Å². The van der Waals surface area contributed by atoms with Crippen LogP contribution in [0.5, 0.6) is 5.75 Å². The zero-order chi connectivity index (χ0) is 13.1. The van der Waals surface area contributed by atoms with E-state index in [1.54, 1.807) is 0 Å². The summed E-state index contributed by atoms with van der Waals surface area (Å²) < 4.78 is 26.1. The summed E-state index contributed by atoms with van der Waals surface area (Å²) in [4.78, 5) is 0. The van der Waals surface area contributed by atoms with Crippen molar-refractivity contribution in [3.8, 4) is 5.75 Å². The Morgan fingerprint density at radius 3 is 2.44 bits per heavy atom. The monoisotopic (exact) mass is 257 g/mol. The van der Waals surface area contributed by atoms with Gasteiger partial charge in [-0.1, -0.05) is 0 Å². The Kier molecular flexibility index (Phi) is 4.14. The van der Waals surface area contributed by atoms with Gasteiger partial charge in [0, 0.05) is 6.54 Å². The number of hydrogen-bond acceptors (Lipinski definition) is 3. The number of rotatable bonds is 4. The molecule has 1 saturated carbocycles. The molecule has 2 atom stereocenters. The van der Waals surface area contributed by atoms with Crippen molar-refractivity contribution in [2.24, 2.45) is 5.92 Å². The predicted octanol–water partition coefficient (Wildman–Crippen LogP) is 1.92. The van der Waals surface area contributed by atoms with E-state index < -0.39 is 17.4 Å². The molecule has 0 bridgehead atoms. The van der Waals surface area contributed by atoms with Crippen LogP contribution in [0.2, 0.25) is 0 Å². The van der Waals surface area contributed by atoms with E-state index in [4.69, 9.17) is 5.11 Å². The summed E-state index contributed by atoms with van der Waals surface area (Å²) in [5.41, 5.74) is 0.460. The number of aromatic hydroxyl groups is 1. The van der Waals surface area contributed by atoms with Gasteiger partial charge in [-0.15, -0.1) is 0 Å². The Balaban J connectivity index is 1.83. The van der Waals surface area contributed by atoms with Gasteiger partial charge in [-0.2, -0.15) is 0 Å². The van der Waals surface area contributed by atoms with Crippen LogP contribution < -0.4 is 5.32 Å². The molecule has 18 heavy (non-hydrogen) atoms. The second-order valence-corrected chi connectivity index (χ2v) is 4.87. The van der Waals surface area contributed by atoms with Crippen molar-refractivity contribution in [2.75, 3.05) is 6.54 Å². The van der Waals surface area contributed by atoms with Crippen molar-refractivity contribution < 1.29 is 19.0 Å². The zero-order valence-corrected chi connectivity index (χ0v) is 10.00. The van der Waals surface area contributed by atoms with Gasteiger partial charge in [0.25, 0.3) is 0 Å². The second kappa shape index (κ2) is 5.63. The molecule has 0 aliphatic heterocycles. The van der Waals surface area contributed by atoms with Gasteiger partial charge in [-0.05, 0) is 49.4 Å². The highest BCUT2D eigenvalue weighted by molar-refractivity contribution is 5.29. The molecule has 3 nitrogen and oxygen atoms in total. The molecular weight excluding hydrogens is 240 g/mol. The van der Waals surface area contributed by atoms with Crippen LogP contribution in [0.15, 0.2) is 12.1 Å². The first-order valence-electron chi connectivity index (χ1n) is 6.12. The number of phenolic OH excluding ortho intramolecular Hbond substituents is 1. The smallest absolute Gasteiger partial charge is 0.187 e. The Hall–Kier alpha value is -1.20. The molecule has 0 heterocycles. The van der Waals surface area contributed by atoms with E-state index >= 15 is 0 Å². The van der Waals surface area contributed by atoms with Gasteiger partial charge in [0.1, 0.15) is 0 Å². The molecule has 1 fully saturated rings. The molecule has 1 aliphatic rings. The normalized spacial score (nSPS) is 23.5. The van der Waals surface area contributed by atoms with E-state index in [-0.39, 0.29) is 6.10 Å². The summed E-state index contributed by atoms with van der Waals surface area (Å²) in [7, 11) is 0. The molecule has 3 N–H and O–H groups in total. The Morgan fingerprint density at radius 1 is 1.22 bits per heavy atom. The van der Waals surface area contributed by atoms with Gasteiger partial charge in [0.15, 0.2) is 17.4 Å². The average molecular weight is 257 g/mol. The molecule has 0 saturated heterocycles. The van der Waals surface area contributed by atoms with E-state index in [1.807, 2.05) is 0 Å². The molecular formula is C13H17F2NO2. The van der Waals surface area contributed by atoms with E-state index in [1.165, 1.54) is 0 Å². The number of aliphatic hydroxyl groups excluding tert-OH is 1. The fourth-order valence-electron chi connectivity index (χ4n) is 2.37. The van der Waals surface area contributed by atoms with Crippen molar-refractivity contribution >= 4 is 0 Å². The average Bonchev–Trinajstić information content (AvgIpc) is 2.72. The first-order valence-corrected chi connectivity index (χ1v) is 6.12. The van der Waals surface area contributed by atoms with Crippen molar-refractivity contribution in [3.63, 3.8) is 0 Å². The van der Waals surface area contributed by atoms with Gasteiger partial charge in [0.2, 0.25) is 0 Å². The number of nitrogens with one attached hydrogen (secondary N) is 1. The molecule has 100 valence electrons. The summed E-state index contributed by atoms with van der Waals surface area (Å²) in [5.74, 6) is -2.39. The van der Waals surface area contributed by atoms with Crippen LogP contribution in [0.3, 0.4) is 0 Å². The molecule has 0 aromatic heterocycles. The third kappa shape index (κ3) is 3.17. The number of benzene rings is 1. The highest BCUT2D eigenvalue weighted by Gasteiger charge is 2.22. The summed E-state index contributed by atoms with van der Waals surface area (Å²) in [6, 6.07) is 2.24. The fourth-order valence-corrected chi connectivity index (χ4v) is 2.37. The largest absolute Gasteiger partial charge is 0.503 e. The lowest BCUT2D eigenvalue weighted by atomic mass is 10.1. The van der Waals surface area contributed by atoms with Gasteiger partial charge in [0.05, 0.1) is 6.10 Å². The Morgan fingerprint density at radius 2 is 1.89 bits per heavy atom. The van der Waals surface area contributed by atoms with Crippen LogP contribution in [0.25, 0.3) is 0 Å². The first kappa shape index (κ1) is 13.2. The minimum Gasteiger partial charge on any atom is -0.503 e. The maximum Gasteiger partial charge on any atom is 0.187 e. The standard InChI is InChI=1S/C13H17F2NO2/c14-11-4-9(5-12(15)13(11)18)7-16-6-8-1-2-10(17)3-8/h4-5,8,10,16-18H,1-3,6-7H2. The van der Waals surface area contributed by atoms with Gasteiger partial charge < -0.3 is 15.5 Å². The van der Waals surface area contributed by atoms with Crippen molar-refractivity contribution in [3.05, 3.63) is 29.3 Å². The molecule has 0 spiro atoms. The quantitative estimate of drug-likeness (QED) is 0.772. The van der Waals surface area contributed by atoms with E-state index in [0.29, 0.717) is 18.0 Å². The van der Waals surface area contributed by atoms with Crippen LogP contribution in [-0.2, 0) is 6.54 Å². The van der Waals surface area contributed by atoms with Crippen LogP contribution in [0.4, 0.5) is 8.78 Å². The minimum atomic E-state index is -0.942. The first-order chi connectivity index (χ1) is 8.56. The topological polar surface area (TPSA) is 52.5 Å². The van der Waals surface area contributed by atoms with Gasteiger partial charge in [-0.3, -0.25) is 0 Å². The Bertz CT molecular complexity index is 402. The maximum atomic E-state index is 13.1. The lowest BCUT2D eigenvalue weighted by molar-refractivity contribution is 0.177. The fraction of sp³-hybridized carbons (Fsp3) is 0.538. The SMILES string of the molecule is Oc1c(F)cc(CNCC2CCC(O)C2)cc1F. The van der Waals surface area contributed by atoms with Gasteiger partial charge >= 0.3 is 0 Å². The molecule has 2 unspecified atom stereocenters. The summed E-state index contributed by atoms with van der Waals surface area (Å²) >= 11 is 0. The summed E-state index contributed by atoms with van der Waals surface area (Å²) in [5, 5.41) is 21.4. The van der Waals surface area contributed by atoms with Gasteiger partial charge in [-0.25, -0.2) is 8.78 Å². The predicted molar refractivity (Wildman–Crippen MR) is 63.1 cm³/mol. The molecule has 5 heteroatoms. The number of phenols is 1. The molecule has 1 aromatic rings. The molecule has 0 radical (unpaired) electrons. The molecule has 1 aliphatic carbocycles. The minimum absolute atomic E-state index is 0.208. The lowest BCUT2D eigenvalue weighted by Gasteiger charge is -2.11. The lowest BCUT2D eigenvalue weighted by Crippen LogP contribution is -2.21. The zero-order valence-electron chi connectivity index (χ0n) is 10.00. The number of halogens is 2. The van der Waals surface area contributed by atoms with Crippen molar-refractivity contribution in [2.45, 2.75) is 31.9 Å². The highest BCUT2D eigenvalue weighted by Crippen LogP contribution is 2.25. The van der Waals surface area contributed by atoms with E-state index in [9.17, 15) is 13.9 Å². The van der Waals surface area contributed by atoms with Crippen molar-refractivity contribution in [1.82, 2.24) is 5.32 Å². The summed E-state index contributed by atoms with van der Waals surface area (Å²) in [6.45, 7) is 1.07. The second-order valence-electron chi connectivity index (χ2n) is 4.87. The third-order valence-corrected chi connectivity index (χ3v) is 3.35. The molecule has 2 rings (SSSR count).